The molecule has 0 bridgehead atoms. The van der Waals surface area contributed by atoms with E-state index in [-0.39, 0.29) is 0 Å². The first-order chi connectivity index (χ1) is 13.0. The molecule has 0 amide bonds. The highest BCUT2D eigenvalue weighted by Gasteiger charge is 2.25. The van der Waals surface area contributed by atoms with Gasteiger partial charge in [-0.25, -0.2) is 12.7 Å². The summed E-state index contributed by atoms with van der Waals surface area (Å²) in [5, 5.41) is 6.90. The first-order valence-corrected chi connectivity index (χ1v) is 12.5. The van der Waals surface area contributed by atoms with Crippen LogP contribution in [-0.2, 0) is 10.0 Å². The summed E-state index contributed by atoms with van der Waals surface area (Å²) in [6.07, 6.45) is 3.08. The van der Waals surface area contributed by atoms with Crippen molar-refractivity contribution in [2.75, 3.05) is 63.5 Å². The minimum absolute atomic E-state index is 0.462. The molecule has 0 spiro atoms. The highest BCUT2D eigenvalue weighted by atomic mass is 32.2. The van der Waals surface area contributed by atoms with Crippen molar-refractivity contribution in [2.24, 2.45) is 10.9 Å². The minimum Gasteiger partial charge on any atom is -0.360 e. The van der Waals surface area contributed by atoms with Crippen LogP contribution < -0.4 is 10.2 Å². The number of aliphatic imine (C=N–C) groups is 1. The van der Waals surface area contributed by atoms with Crippen molar-refractivity contribution in [3.63, 3.8) is 0 Å². The topological polar surface area (TPSA) is 68.2 Å². The van der Waals surface area contributed by atoms with E-state index in [1.165, 1.54) is 11.3 Å². The Morgan fingerprint density at radius 3 is 2.48 bits per heavy atom. The number of nitrogens with one attached hydrogen (secondary N) is 1. The number of sulfonamides is 1. The van der Waals surface area contributed by atoms with Crippen molar-refractivity contribution in [3.8, 4) is 0 Å². The van der Waals surface area contributed by atoms with Gasteiger partial charge in [-0.05, 0) is 43.2 Å². The molecule has 2 aliphatic rings. The molecular formula is C18H31N5O2S2. The zero-order chi connectivity index (χ0) is 19.3. The van der Waals surface area contributed by atoms with Crippen LogP contribution in [0.3, 0.4) is 0 Å². The van der Waals surface area contributed by atoms with E-state index in [0.717, 1.165) is 58.1 Å². The van der Waals surface area contributed by atoms with Crippen molar-refractivity contribution in [2.45, 2.75) is 19.8 Å². The number of thiophene rings is 1. The Balaban J connectivity index is 1.52. The normalized spacial score (nSPS) is 20.9. The summed E-state index contributed by atoms with van der Waals surface area (Å²) in [7, 11) is -3.06. The third kappa shape index (κ3) is 5.58. The number of piperazine rings is 1. The molecule has 7 nitrogen and oxygen atoms in total. The van der Waals surface area contributed by atoms with Gasteiger partial charge in [0, 0.05) is 52.4 Å². The summed E-state index contributed by atoms with van der Waals surface area (Å²) in [5.74, 6) is 1.46. The van der Waals surface area contributed by atoms with Gasteiger partial charge in [0.25, 0.3) is 0 Å². The number of nitrogens with zero attached hydrogens (tertiary/aromatic N) is 4. The van der Waals surface area contributed by atoms with Crippen molar-refractivity contribution in [1.29, 1.82) is 0 Å². The van der Waals surface area contributed by atoms with Crippen LogP contribution in [0.15, 0.2) is 22.5 Å². The molecule has 0 saturated carbocycles. The number of rotatable bonds is 5. The van der Waals surface area contributed by atoms with Crippen LogP contribution >= 0.6 is 11.3 Å². The minimum atomic E-state index is -3.06. The van der Waals surface area contributed by atoms with Gasteiger partial charge >= 0.3 is 0 Å². The summed E-state index contributed by atoms with van der Waals surface area (Å²) in [5.41, 5.74) is 0. The second-order valence-electron chi connectivity index (χ2n) is 7.23. The lowest BCUT2D eigenvalue weighted by Crippen LogP contribution is -2.52. The standard InChI is InChI=1S/C18H31N5O2S2/c1-3-19-18(20-15-16-6-8-23(9-7-16)27(2,24)25)22-12-10-21(11-13-22)17-5-4-14-26-17/h4-5,14,16H,3,6-13,15H2,1-2H3,(H,19,20). The molecule has 2 fully saturated rings. The van der Waals surface area contributed by atoms with Gasteiger partial charge in [0.1, 0.15) is 0 Å². The Morgan fingerprint density at radius 2 is 1.93 bits per heavy atom. The van der Waals surface area contributed by atoms with Crippen LogP contribution in [0.2, 0.25) is 0 Å². The highest BCUT2D eigenvalue weighted by Crippen LogP contribution is 2.23. The Hall–Kier alpha value is -1.32. The number of anilines is 1. The van der Waals surface area contributed by atoms with Crippen molar-refractivity contribution < 1.29 is 8.42 Å². The lowest BCUT2D eigenvalue weighted by molar-refractivity contribution is 0.279. The first-order valence-electron chi connectivity index (χ1n) is 9.74. The largest absolute Gasteiger partial charge is 0.360 e. The van der Waals surface area contributed by atoms with E-state index in [1.807, 2.05) is 0 Å². The van der Waals surface area contributed by atoms with Gasteiger partial charge < -0.3 is 15.1 Å². The van der Waals surface area contributed by atoms with Gasteiger partial charge in [-0.3, -0.25) is 4.99 Å². The maximum atomic E-state index is 11.6. The third-order valence-electron chi connectivity index (χ3n) is 5.27. The van der Waals surface area contributed by atoms with Gasteiger partial charge in [0.15, 0.2) is 5.96 Å². The predicted molar refractivity (Wildman–Crippen MR) is 113 cm³/mol. The second-order valence-corrected chi connectivity index (χ2v) is 10.1. The van der Waals surface area contributed by atoms with Crippen molar-refractivity contribution in [1.82, 2.24) is 14.5 Å². The van der Waals surface area contributed by atoms with Crippen LogP contribution in [0, 0.1) is 5.92 Å². The third-order valence-corrected chi connectivity index (χ3v) is 7.51. The van der Waals surface area contributed by atoms with E-state index in [1.54, 1.807) is 15.6 Å². The fourth-order valence-corrected chi connectivity index (χ4v) is 5.31. The molecule has 0 aliphatic carbocycles. The molecule has 0 radical (unpaired) electrons. The molecular weight excluding hydrogens is 382 g/mol. The van der Waals surface area contributed by atoms with E-state index >= 15 is 0 Å². The van der Waals surface area contributed by atoms with Crippen LogP contribution in [0.25, 0.3) is 0 Å². The molecule has 1 aromatic rings. The van der Waals surface area contributed by atoms with Gasteiger partial charge in [-0.1, -0.05) is 0 Å². The molecule has 2 aliphatic heterocycles. The van der Waals surface area contributed by atoms with Gasteiger partial charge in [-0.15, -0.1) is 11.3 Å². The smallest absolute Gasteiger partial charge is 0.211 e. The van der Waals surface area contributed by atoms with Crippen molar-refractivity contribution in [3.05, 3.63) is 17.5 Å². The van der Waals surface area contributed by atoms with Crippen LogP contribution in [0.5, 0.6) is 0 Å². The monoisotopic (exact) mass is 413 g/mol. The SMILES string of the molecule is CCNC(=NCC1CCN(S(C)(=O)=O)CC1)N1CCN(c2cccs2)CC1. The average molecular weight is 414 g/mol. The molecule has 3 rings (SSSR count). The lowest BCUT2D eigenvalue weighted by Gasteiger charge is -2.37. The van der Waals surface area contributed by atoms with Gasteiger partial charge in [-0.2, -0.15) is 0 Å². The number of hydrogen-bond donors (Lipinski definition) is 1. The summed E-state index contributed by atoms with van der Waals surface area (Å²) in [6.45, 7) is 8.93. The van der Waals surface area contributed by atoms with Crippen LogP contribution in [0.1, 0.15) is 19.8 Å². The molecule has 1 aromatic heterocycles. The molecule has 0 aromatic carbocycles. The molecule has 2 saturated heterocycles. The Labute approximate surface area is 167 Å². The highest BCUT2D eigenvalue weighted by molar-refractivity contribution is 7.88. The Morgan fingerprint density at radius 1 is 1.22 bits per heavy atom. The van der Waals surface area contributed by atoms with Crippen molar-refractivity contribution >= 4 is 32.3 Å². The quantitative estimate of drug-likeness (QED) is 0.585. The number of piperidine rings is 1. The van der Waals surface area contributed by atoms with E-state index in [2.05, 4.69) is 39.6 Å². The zero-order valence-electron chi connectivity index (χ0n) is 16.3. The maximum absolute atomic E-state index is 11.6. The summed E-state index contributed by atoms with van der Waals surface area (Å²) >= 11 is 1.79. The maximum Gasteiger partial charge on any atom is 0.211 e. The first kappa shape index (κ1) is 20.4. The van der Waals surface area contributed by atoms with E-state index < -0.39 is 10.0 Å². The molecule has 0 atom stereocenters. The van der Waals surface area contributed by atoms with E-state index in [0.29, 0.717) is 19.0 Å². The Bertz CT molecular complexity index is 704. The summed E-state index contributed by atoms with van der Waals surface area (Å²) in [6, 6.07) is 4.29. The molecule has 9 heteroatoms. The predicted octanol–water partition coefficient (Wildman–Crippen LogP) is 1.51. The lowest BCUT2D eigenvalue weighted by atomic mass is 9.98. The zero-order valence-corrected chi connectivity index (χ0v) is 17.9. The fraction of sp³-hybridized carbons (Fsp3) is 0.722. The number of guanidine groups is 1. The fourth-order valence-electron chi connectivity index (χ4n) is 3.65. The Kier molecular flexibility index (Phi) is 6.99. The molecule has 27 heavy (non-hydrogen) atoms. The second kappa shape index (κ2) is 9.25. The number of hydrogen-bond acceptors (Lipinski definition) is 5. The van der Waals surface area contributed by atoms with Crippen LogP contribution in [0.4, 0.5) is 5.00 Å². The van der Waals surface area contributed by atoms with Gasteiger partial charge in [0.05, 0.1) is 11.3 Å². The van der Waals surface area contributed by atoms with Crippen LogP contribution in [-0.4, -0.2) is 82.2 Å². The molecule has 0 unspecified atom stereocenters. The van der Waals surface area contributed by atoms with E-state index in [9.17, 15) is 8.42 Å². The van der Waals surface area contributed by atoms with E-state index in [4.69, 9.17) is 4.99 Å². The van der Waals surface area contributed by atoms with Gasteiger partial charge in [0.2, 0.25) is 10.0 Å². The molecule has 152 valence electrons. The molecule has 3 heterocycles. The summed E-state index contributed by atoms with van der Waals surface area (Å²) < 4.78 is 24.9. The average Bonchev–Trinajstić information content (AvgIpc) is 3.20. The summed E-state index contributed by atoms with van der Waals surface area (Å²) in [4.78, 5) is 9.67. The molecule has 1 N–H and O–H groups in total.